The second kappa shape index (κ2) is 7.50. The molecule has 26 heavy (non-hydrogen) atoms. The van der Waals surface area contributed by atoms with E-state index in [1.807, 2.05) is 60.8 Å². The van der Waals surface area contributed by atoms with Gasteiger partial charge in [-0.15, -0.1) is 0 Å². The average Bonchev–Trinajstić information content (AvgIpc) is 3.20. The van der Waals surface area contributed by atoms with Gasteiger partial charge < -0.3 is 10.6 Å². The number of rotatable bonds is 4. The van der Waals surface area contributed by atoms with Gasteiger partial charge in [0.05, 0.1) is 5.92 Å². The SMILES string of the molecule is O=C(Nc1ccc(-c2cccnc2)cc1)[C@H]1CNC[C@@H]1c1ccccc1. The van der Waals surface area contributed by atoms with E-state index in [1.54, 1.807) is 6.20 Å². The minimum atomic E-state index is -0.0598. The Balaban J connectivity index is 1.46. The Labute approximate surface area is 153 Å². The summed E-state index contributed by atoms with van der Waals surface area (Å²) in [6, 6.07) is 22.1. The summed E-state index contributed by atoms with van der Waals surface area (Å²) >= 11 is 0. The molecule has 1 saturated heterocycles. The highest BCUT2D eigenvalue weighted by molar-refractivity contribution is 5.93. The number of hydrogen-bond acceptors (Lipinski definition) is 3. The fourth-order valence-electron chi connectivity index (χ4n) is 3.52. The highest BCUT2D eigenvalue weighted by atomic mass is 16.1. The Morgan fingerprint density at radius 3 is 2.46 bits per heavy atom. The van der Waals surface area contributed by atoms with Crippen LogP contribution in [0, 0.1) is 5.92 Å². The van der Waals surface area contributed by atoms with Crippen LogP contribution in [0.3, 0.4) is 0 Å². The molecule has 0 saturated carbocycles. The molecule has 4 nitrogen and oxygen atoms in total. The largest absolute Gasteiger partial charge is 0.326 e. The van der Waals surface area contributed by atoms with Gasteiger partial charge >= 0.3 is 0 Å². The molecule has 4 heteroatoms. The number of anilines is 1. The molecule has 0 radical (unpaired) electrons. The number of carbonyl (C=O) groups is 1. The minimum Gasteiger partial charge on any atom is -0.326 e. The third-order valence-corrected chi connectivity index (χ3v) is 4.93. The Bertz CT molecular complexity index is 863. The molecule has 0 bridgehead atoms. The number of carbonyl (C=O) groups excluding carboxylic acids is 1. The molecule has 1 aromatic heterocycles. The normalized spacial score (nSPS) is 19.2. The van der Waals surface area contributed by atoms with Crippen molar-refractivity contribution in [2.75, 3.05) is 18.4 Å². The quantitative estimate of drug-likeness (QED) is 0.760. The van der Waals surface area contributed by atoms with E-state index in [0.717, 1.165) is 23.4 Å². The lowest BCUT2D eigenvalue weighted by Gasteiger charge is -2.18. The van der Waals surface area contributed by atoms with Crippen molar-refractivity contribution in [3.63, 3.8) is 0 Å². The number of benzene rings is 2. The number of nitrogens with zero attached hydrogens (tertiary/aromatic N) is 1. The van der Waals surface area contributed by atoms with Crippen LogP contribution in [0.1, 0.15) is 11.5 Å². The Kier molecular flexibility index (Phi) is 4.75. The van der Waals surface area contributed by atoms with Gasteiger partial charge in [0.1, 0.15) is 0 Å². The smallest absolute Gasteiger partial charge is 0.229 e. The van der Waals surface area contributed by atoms with E-state index in [0.29, 0.717) is 6.54 Å². The molecule has 0 aliphatic carbocycles. The van der Waals surface area contributed by atoms with Gasteiger partial charge in [-0.05, 0) is 34.9 Å². The van der Waals surface area contributed by atoms with Crippen molar-refractivity contribution in [3.8, 4) is 11.1 Å². The third-order valence-electron chi connectivity index (χ3n) is 4.93. The summed E-state index contributed by atoms with van der Waals surface area (Å²) in [4.78, 5) is 16.9. The molecule has 0 spiro atoms. The number of hydrogen-bond donors (Lipinski definition) is 2. The van der Waals surface area contributed by atoms with E-state index >= 15 is 0 Å². The summed E-state index contributed by atoms with van der Waals surface area (Å²) in [5.74, 6) is 0.222. The van der Waals surface area contributed by atoms with E-state index in [1.165, 1.54) is 5.56 Å². The summed E-state index contributed by atoms with van der Waals surface area (Å²) < 4.78 is 0. The van der Waals surface area contributed by atoms with Crippen molar-refractivity contribution >= 4 is 11.6 Å². The maximum absolute atomic E-state index is 12.8. The van der Waals surface area contributed by atoms with Crippen LogP contribution in [-0.2, 0) is 4.79 Å². The summed E-state index contributed by atoms with van der Waals surface area (Å²) in [6.45, 7) is 1.54. The first-order valence-corrected chi connectivity index (χ1v) is 8.88. The summed E-state index contributed by atoms with van der Waals surface area (Å²) in [5.41, 5.74) is 4.18. The topological polar surface area (TPSA) is 54.0 Å². The summed E-state index contributed by atoms with van der Waals surface area (Å²) in [6.07, 6.45) is 3.60. The van der Waals surface area contributed by atoms with Crippen molar-refractivity contribution in [1.29, 1.82) is 0 Å². The molecule has 1 amide bonds. The third kappa shape index (κ3) is 3.51. The zero-order chi connectivity index (χ0) is 17.8. The molecule has 130 valence electrons. The van der Waals surface area contributed by atoms with Crippen LogP contribution in [0.5, 0.6) is 0 Å². The van der Waals surface area contributed by atoms with Gasteiger partial charge in [-0.3, -0.25) is 9.78 Å². The highest BCUT2D eigenvalue weighted by Gasteiger charge is 2.33. The lowest BCUT2D eigenvalue weighted by Crippen LogP contribution is -2.28. The molecule has 1 aliphatic rings. The summed E-state index contributed by atoms with van der Waals surface area (Å²) in [7, 11) is 0. The zero-order valence-electron chi connectivity index (χ0n) is 14.4. The molecule has 0 unspecified atom stereocenters. The first kappa shape index (κ1) is 16.5. The van der Waals surface area contributed by atoms with Crippen molar-refractivity contribution in [3.05, 3.63) is 84.7 Å². The Morgan fingerprint density at radius 1 is 0.923 bits per heavy atom. The van der Waals surface area contributed by atoms with Crippen molar-refractivity contribution in [2.24, 2.45) is 5.92 Å². The van der Waals surface area contributed by atoms with Crippen LogP contribution in [-0.4, -0.2) is 24.0 Å². The molecule has 1 aliphatic heterocycles. The van der Waals surface area contributed by atoms with Gasteiger partial charge in [0.2, 0.25) is 5.91 Å². The van der Waals surface area contributed by atoms with Crippen LogP contribution >= 0.6 is 0 Å². The molecule has 2 N–H and O–H groups in total. The molecule has 2 heterocycles. The summed E-state index contributed by atoms with van der Waals surface area (Å²) in [5, 5.41) is 6.42. The van der Waals surface area contributed by atoms with Crippen molar-refractivity contribution in [1.82, 2.24) is 10.3 Å². The van der Waals surface area contributed by atoms with Crippen LogP contribution in [0.25, 0.3) is 11.1 Å². The molecule has 4 rings (SSSR count). The highest BCUT2D eigenvalue weighted by Crippen LogP contribution is 2.29. The van der Waals surface area contributed by atoms with E-state index < -0.39 is 0 Å². The number of aromatic nitrogens is 1. The first-order valence-electron chi connectivity index (χ1n) is 8.88. The first-order chi connectivity index (χ1) is 12.8. The van der Waals surface area contributed by atoms with Gasteiger partial charge in [-0.1, -0.05) is 48.5 Å². The van der Waals surface area contributed by atoms with Gasteiger partial charge in [0.15, 0.2) is 0 Å². The van der Waals surface area contributed by atoms with Crippen LogP contribution in [0.2, 0.25) is 0 Å². The van der Waals surface area contributed by atoms with Crippen molar-refractivity contribution < 1.29 is 4.79 Å². The standard InChI is InChI=1S/C22H21N3O/c26-22(21-15-24-14-20(21)17-5-2-1-3-6-17)25-19-10-8-16(9-11-19)18-7-4-12-23-13-18/h1-13,20-21,24H,14-15H2,(H,25,26)/t20-,21+/m1/s1. The Morgan fingerprint density at radius 2 is 1.73 bits per heavy atom. The van der Waals surface area contributed by atoms with E-state index in [2.05, 4.69) is 27.8 Å². The van der Waals surface area contributed by atoms with Crippen LogP contribution < -0.4 is 10.6 Å². The molecular formula is C22H21N3O. The van der Waals surface area contributed by atoms with Gasteiger partial charge in [-0.2, -0.15) is 0 Å². The number of pyridine rings is 1. The van der Waals surface area contributed by atoms with E-state index in [-0.39, 0.29) is 17.7 Å². The second-order valence-electron chi connectivity index (χ2n) is 6.59. The Hall–Kier alpha value is -2.98. The van der Waals surface area contributed by atoms with E-state index in [9.17, 15) is 4.79 Å². The predicted octanol–water partition coefficient (Wildman–Crippen LogP) is 3.69. The molecular weight excluding hydrogens is 322 g/mol. The number of nitrogens with one attached hydrogen (secondary N) is 2. The zero-order valence-corrected chi connectivity index (χ0v) is 14.4. The predicted molar refractivity (Wildman–Crippen MR) is 104 cm³/mol. The molecule has 2 atom stereocenters. The lowest BCUT2D eigenvalue weighted by atomic mass is 9.88. The molecule has 2 aromatic carbocycles. The monoisotopic (exact) mass is 343 g/mol. The van der Waals surface area contributed by atoms with E-state index in [4.69, 9.17) is 0 Å². The van der Waals surface area contributed by atoms with Crippen LogP contribution in [0.15, 0.2) is 79.1 Å². The van der Waals surface area contributed by atoms with Gasteiger partial charge in [0.25, 0.3) is 0 Å². The maximum atomic E-state index is 12.8. The fourth-order valence-corrected chi connectivity index (χ4v) is 3.52. The van der Waals surface area contributed by atoms with Crippen LogP contribution in [0.4, 0.5) is 5.69 Å². The fraction of sp³-hybridized carbons (Fsp3) is 0.182. The lowest BCUT2D eigenvalue weighted by molar-refractivity contribution is -0.119. The second-order valence-corrected chi connectivity index (χ2v) is 6.59. The number of amides is 1. The average molecular weight is 343 g/mol. The maximum Gasteiger partial charge on any atom is 0.229 e. The molecule has 3 aromatic rings. The van der Waals surface area contributed by atoms with Gasteiger partial charge in [-0.25, -0.2) is 0 Å². The minimum absolute atomic E-state index is 0.0598. The van der Waals surface area contributed by atoms with Gasteiger partial charge in [0, 0.05) is 37.1 Å². The van der Waals surface area contributed by atoms with Crippen molar-refractivity contribution in [2.45, 2.75) is 5.92 Å². The molecule has 1 fully saturated rings.